The third-order valence-corrected chi connectivity index (χ3v) is 4.48. The third kappa shape index (κ3) is 4.37. The molecule has 1 aliphatic heterocycles. The first-order valence-corrected chi connectivity index (χ1v) is 9.08. The van der Waals surface area contributed by atoms with Gasteiger partial charge in [-0.25, -0.2) is 0 Å². The highest BCUT2D eigenvalue weighted by Gasteiger charge is 2.34. The van der Waals surface area contributed by atoms with Crippen LogP contribution in [-0.4, -0.2) is 30.6 Å². The molecule has 0 saturated carbocycles. The van der Waals surface area contributed by atoms with Gasteiger partial charge in [-0.15, -0.1) is 0 Å². The summed E-state index contributed by atoms with van der Waals surface area (Å²) in [4.78, 5) is 26.6. The number of benzene rings is 2. The number of rotatable bonds is 5. The van der Waals surface area contributed by atoms with Crippen LogP contribution in [0.4, 0.5) is 5.69 Å². The van der Waals surface area contributed by atoms with Crippen LogP contribution in [0.1, 0.15) is 5.56 Å². The van der Waals surface area contributed by atoms with Crippen molar-refractivity contribution in [1.29, 1.82) is 5.26 Å². The number of nitrogens with one attached hydrogen (secondary N) is 1. The molecule has 0 spiro atoms. The number of carbonyl (C=O) groups is 2. The predicted molar refractivity (Wildman–Crippen MR) is 112 cm³/mol. The van der Waals surface area contributed by atoms with Crippen molar-refractivity contribution in [3.05, 3.63) is 58.6 Å². The topological polar surface area (TPSA) is 91.7 Å². The summed E-state index contributed by atoms with van der Waals surface area (Å²) in [6.07, 6.45) is 1.42. The van der Waals surface area contributed by atoms with Crippen molar-refractivity contribution >= 4 is 52.5 Å². The number of hydrogen-bond acceptors (Lipinski definition) is 6. The van der Waals surface area contributed by atoms with Crippen molar-refractivity contribution in [2.24, 2.45) is 0 Å². The van der Waals surface area contributed by atoms with Crippen LogP contribution in [-0.2, 0) is 9.59 Å². The van der Waals surface area contributed by atoms with Crippen LogP contribution in [0, 0.1) is 11.3 Å². The number of amides is 2. The summed E-state index contributed by atoms with van der Waals surface area (Å²) in [7, 11) is 1.45. The lowest BCUT2D eigenvalue weighted by Gasteiger charge is -2.29. The van der Waals surface area contributed by atoms with E-state index in [1.54, 1.807) is 42.5 Å². The van der Waals surface area contributed by atoms with Gasteiger partial charge in [0.05, 0.1) is 12.8 Å². The van der Waals surface area contributed by atoms with Gasteiger partial charge in [0.1, 0.15) is 11.6 Å². The molecule has 0 aliphatic carbocycles. The van der Waals surface area contributed by atoms with Gasteiger partial charge in [-0.1, -0.05) is 23.7 Å². The van der Waals surface area contributed by atoms with Crippen LogP contribution in [0.2, 0.25) is 5.02 Å². The van der Waals surface area contributed by atoms with Gasteiger partial charge in [-0.05, 0) is 54.2 Å². The van der Waals surface area contributed by atoms with Gasteiger partial charge in [-0.2, -0.15) is 5.26 Å². The fraction of sp³-hybridized carbons (Fsp3) is 0.100. The highest BCUT2D eigenvalue weighted by atomic mass is 35.5. The molecule has 0 unspecified atom stereocenters. The number of methoxy groups -OCH3 is 1. The lowest BCUT2D eigenvalue weighted by Crippen LogP contribution is -2.54. The first-order chi connectivity index (χ1) is 13.9. The summed E-state index contributed by atoms with van der Waals surface area (Å²) < 4.78 is 10.5. The third-order valence-electron chi connectivity index (χ3n) is 3.96. The monoisotopic (exact) mass is 427 g/mol. The number of hydrogen-bond donors (Lipinski definition) is 1. The minimum Gasteiger partial charge on any atom is -0.493 e. The lowest BCUT2D eigenvalue weighted by molar-refractivity contribution is -0.122. The maximum Gasteiger partial charge on any atom is 0.270 e. The molecule has 0 radical (unpaired) electrons. The maximum absolute atomic E-state index is 13.0. The molecule has 146 valence electrons. The van der Waals surface area contributed by atoms with Gasteiger partial charge in [0.25, 0.3) is 11.8 Å². The van der Waals surface area contributed by atoms with Crippen molar-refractivity contribution in [3.63, 3.8) is 0 Å². The van der Waals surface area contributed by atoms with E-state index in [0.29, 0.717) is 27.8 Å². The molecular weight excluding hydrogens is 414 g/mol. The molecule has 3 rings (SSSR count). The smallest absolute Gasteiger partial charge is 0.270 e. The second-order valence-electron chi connectivity index (χ2n) is 5.79. The van der Waals surface area contributed by atoms with E-state index >= 15 is 0 Å². The second kappa shape index (κ2) is 8.73. The molecule has 2 amide bonds. The van der Waals surface area contributed by atoms with Gasteiger partial charge in [-0.3, -0.25) is 19.8 Å². The zero-order valence-corrected chi connectivity index (χ0v) is 16.7. The molecule has 29 heavy (non-hydrogen) atoms. The van der Waals surface area contributed by atoms with Gasteiger partial charge < -0.3 is 9.47 Å². The molecule has 1 saturated heterocycles. The van der Waals surface area contributed by atoms with Gasteiger partial charge in [0.2, 0.25) is 0 Å². The Balaban J connectivity index is 1.97. The van der Waals surface area contributed by atoms with Crippen LogP contribution >= 0.6 is 23.8 Å². The quantitative estimate of drug-likeness (QED) is 0.448. The normalized spacial score (nSPS) is 15.1. The minimum absolute atomic E-state index is 0.0303. The molecule has 1 aliphatic rings. The van der Waals surface area contributed by atoms with E-state index in [9.17, 15) is 9.59 Å². The summed E-state index contributed by atoms with van der Waals surface area (Å²) in [6.45, 7) is -0.135. The van der Waals surface area contributed by atoms with E-state index in [4.69, 9.17) is 38.6 Å². The number of anilines is 1. The van der Waals surface area contributed by atoms with Crippen LogP contribution < -0.4 is 19.7 Å². The number of nitriles is 1. The lowest BCUT2D eigenvalue weighted by atomic mass is 10.1. The Labute approximate surface area is 177 Å². The fourth-order valence-corrected chi connectivity index (χ4v) is 3.14. The molecule has 0 aromatic heterocycles. The van der Waals surface area contributed by atoms with E-state index in [1.165, 1.54) is 18.1 Å². The molecule has 9 heteroatoms. The second-order valence-corrected chi connectivity index (χ2v) is 6.62. The van der Waals surface area contributed by atoms with Crippen molar-refractivity contribution in [2.45, 2.75) is 0 Å². The van der Waals surface area contributed by atoms with Gasteiger partial charge in [0.15, 0.2) is 23.2 Å². The SMILES string of the molecule is COc1cc(/C=C2\C(=O)NC(=S)N(c3cccc(Cl)c3)C2=O)ccc1OCC#N. The van der Waals surface area contributed by atoms with Crippen molar-refractivity contribution in [1.82, 2.24) is 5.32 Å². The first-order valence-electron chi connectivity index (χ1n) is 8.29. The van der Waals surface area contributed by atoms with E-state index in [0.717, 1.165) is 0 Å². The molecule has 1 fully saturated rings. The standard InChI is InChI=1S/C20H14ClN3O4S/c1-27-17-10-12(5-6-16(17)28-8-7-22)9-15-18(25)23-20(29)24(19(15)26)14-4-2-3-13(21)11-14/h2-6,9-11H,8H2,1H3,(H,23,25,29)/b15-9+. The first kappa shape index (κ1) is 20.3. The minimum atomic E-state index is -0.609. The molecule has 1 heterocycles. The van der Waals surface area contributed by atoms with E-state index in [-0.39, 0.29) is 17.3 Å². The average Bonchev–Trinajstić information content (AvgIpc) is 2.69. The van der Waals surface area contributed by atoms with E-state index < -0.39 is 11.8 Å². The Morgan fingerprint density at radius 3 is 2.72 bits per heavy atom. The average molecular weight is 428 g/mol. The maximum atomic E-state index is 13.0. The number of nitrogens with zero attached hydrogens (tertiary/aromatic N) is 2. The number of carbonyl (C=O) groups excluding carboxylic acids is 2. The summed E-state index contributed by atoms with van der Waals surface area (Å²) in [6, 6.07) is 13.3. The Morgan fingerprint density at radius 2 is 2.03 bits per heavy atom. The van der Waals surface area contributed by atoms with Crippen molar-refractivity contribution < 1.29 is 19.1 Å². The fourth-order valence-electron chi connectivity index (χ4n) is 2.68. The number of ether oxygens (including phenoxy) is 2. The highest BCUT2D eigenvalue weighted by molar-refractivity contribution is 7.80. The zero-order valence-electron chi connectivity index (χ0n) is 15.1. The Morgan fingerprint density at radius 1 is 1.24 bits per heavy atom. The molecule has 2 aromatic rings. The number of halogens is 1. The Bertz CT molecular complexity index is 1080. The summed E-state index contributed by atoms with van der Waals surface area (Å²) in [5.74, 6) is -0.454. The van der Waals surface area contributed by atoms with Crippen LogP contribution in [0.15, 0.2) is 48.0 Å². The largest absolute Gasteiger partial charge is 0.493 e. The molecule has 0 bridgehead atoms. The predicted octanol–water partition coefficient (Wildman–Crippen LogP) is 3.08. The Kier molecular flexibility index (Phi) is 6.12. The zero-order chi connectivity index (χ0) is 21.0. The van der Waals surface area contributed by atoms with Crippen molar-refractivity contribution in [2.75, 3.05) is 18.6 Å². The molecule has 2 aromatic carbocycles. The molecular formula is C20H14ClN3O4S. The molecule has 0 atom stereocenters. The van der Waals surface area contributed by atoms with Crippen LogP contribution in [0.5, 0.6) is 11.5 Å². The summed E-state index contributed by atoms with van der Waals surface area (Å²) >= 11 is 11.2. The summed E-state index contributed by atoms with van der Waals surface area (Å²) in [5, 5.41) is 11.6. The van der Waals surface area contributed by atoms with Crippen LogP contribution in [0.25, 0.3) is 6.08 Å². The van der Waals surface area contributed by atoms with E-state index in [1.807, 2.05) is 6.07 Å². The summed E-state index contributed by atoms with van der Waals surface area (Å²) in [5.41, 5.74) is 0.867. The van der Waals surface area contributed by atoms with Crippen molar-refractivity contribution in [3.8, 4) is 17.6 Å². The van der Waals surface area contributed by atoms with Gasteiger partial charge in [0, 0.05) is 5.02 Å². The molecule has 1 N–H and O–H groups in total. The van der Waals surface area contributed by atoms with Crippen LogP contribution in [0.3, 0.4) is 0 Å². The Hall–Kier alpha value is -3.41. The van der Waals surface area contributed by atoms with Gasteiger partial charge >= 0.3 is 0 Å². The number of thiocarbonyl (C=S) groups is 1. The molecule has 7 nitrogen and oxygen atoms in total. The van der Waals surface area contributed by atoms with E-state index in [2.05, 4.69) is 5.32 Å². The highest BCUT2D eigenvalue weighted by Crippen LogP contribution is 2.30.